The Bertz CT molecular complexity index is 451. The normalized spacial score (nSPS) is 11.6. The molecule has 1 aromatic rings. The second-order valence-corrected chi connectivity index (χ2v) is 3.71. The van der Waals surface area contributed by atoms with Gasteiger partial charge in [-0.15, -0.1) is 0 Å². The van der Waals surface area contributed by atoms with Gasteiger partial charge in [-0.2, -0.15) is 5.26 Å². The SMILES string of the molecule is CCOC(=O)C(C#N)Cc1cc(F)ccc1C. The summed E-state index contributed by atoms with van der Waals surface area (Å²) >= 11 is 0. The minimum absolute atomic E-state index is 0.179. The largest absolute Gasteiger partial charge is 0.465 e. The molecule has 1 rings (SSSR count). The molecule has 0 radical (unpaired) electrons. The Morgan fingerprint density at radius 3 is 2.88 bits per heavy atom. The van der Waals surface area contributed by atoms with Crippen LogP contribution in [0.15, 0.2) is 18.2 Å². The van der Waals surface area contributed by atoms with E-state index in [9.17, 15) is 9.18 Å². The number of nitrogens with zero attached hydrogens (tertiary/aromatic N) is 1. The predicted molar refractivity (Wildman–Crippen MR) is 60.6 cm³/mol. The number of carbonyl (C=O) groups excluding carboxylic acids is 1. The van der Waals surface area contributed by atoms with E-state index in [1.54, 1.807) is 13.0 Å². The van der Waals surface area contributed by atoms with Gasteiger partial charge in [0.1, 0.15) is 11.7 Å². The molecule has 0 fully saturated rings. The zero-order valence-electron chi connectivity index (χ0n) is 9.87. The number of benzene rings is 1. The topological polar surface area (TPSA) is 50.1 Å². The lowest BCUT2D eigenvalue weighted by molar-refractivity contribution is -0.145. The van der Waals surface area contributed by atoms with E-state index in [-0.39, 0.29) is 18.8 Å². The van der Waals surface area contributed by atoms with E-state index >= 15 is 0 Å². The summed E-state index contributed by atoms with van der Waals surface area (Å²) in [6, 6.07) is 6.21. The Labute approximate surface area is 99.8 Å². The van der Waals surface area contributed by atoms with Crippen LogP contribution in [0.4, 0.5) is 4.39 Å². The van der Waals surface area contributed by atoms with Gasteiger partial charge in [0, 0.05) is 0 Å². The summed E-state index contributed by atoms with van der Waals surface area (Å²) in [5.41, 5.74) is 1.51. The fourth-order valence-electron chi connectivity index (χ4n) is 1.50. The van der Waals surface area contributed by atoms with Gasteiger partial charge in [-0.05, 0) is 43.5 Å². The standard InChI is InChI=1S/C13H14FNO2/c1-3-17-13(16)11(8-15)6-10-7-12(14)5-4-9(10)2/h4-5,7,11H,3,6H2,1-2H3. The van der Waals surface area contributed by atoms with Gasteiger partial charge in [-0.25, -0.2) is 4.39 Å². The van der Waals surface area contributed by atoms with Gasteiger partial charge in [0.05, 0.1) is 12.7 Å². The monoisotopic (exact) mass is 235 g/mol. The van der Waals surface area contributed by atoms with Crippen molar-refractivity contribution in [2.75, 3.05) is 6.61 Å². The summed E-state index contributed by atoms with van der Waals surface area (Å²) in [5.74, 6) is -1.81. The Hall–Kier alpha value is -1.89. The molecule has 0 N–H and O–H groups in total. The first-order valence-electron chi connectivity index (χ1n) is 5.39. The molecule has 0 aliphatic carbocycles. The van der Waals surface area contributed by atoms with Gasteiger partial charge in [-0.3, -0.25) is 4.79 Å². The summed E-state index contributed by atoms with van der Waals surface area (Å²) in [6.45, 7) is 3.73. The van der Waals surface area contributed by atoms with Gasteiger partial charge in [-0.1, -0.05) is 6.07 Å². The zero-order chi connectivity index (χ0) is 12.8. The number of carbonyl (C=O) groups is 1. The highest BCUT2D eigenvalue weighted by molar-refractivity contribution is 5.75. The Balaban J connectivity index is 2.85. The van der Waals surface area contributed by atoms with E-state index in [0.29, 0.717) is 5.56 Å². The van der Waals surface area contributed by atoms with Gasteiger partial charge in [0.15, 0.2) is 0 Å². The minimum Gasteiger partial charge on any atom is -0.465 e. The lowest BCUT2D eigenvalue weighted by atomic mass is 9.97. The van der Waals surface area contributed by atoms with E-state index < -0.39 is 11.9 Å². The van der Waals surface area contributed by atoms with Crippen LogP contribution in [-0.2, 0) is 16.0 Å². The van der Waals surface area contributed by atoms with Crippen molar-refractivity contribution >= 4 is 5.97 Å². The van der Waals surface area contributed by atoms with Crippen molar-refractivity contribution in [3.63, 3.8) is 0 Å². The summed E-state index contributed by atoms with van der Waals surface area (Å²) in [6.07, 6.45) is 0.179. The number of hydrogen-bond acceptors (Lipinski definition) is 3. The maximum absolute atomic E-state index is 13.1. The Morgan fingerprint density at radius 2 is 2.29 bits per heavy atom. The van der Waals surface area contributed by atoms with Crippen LogP contribution < -0.4 is 0 Å². The number of aryl methyl sites for hydroxylation is 1. The zero-order valence-corrected chi connectivity index (χ0v) is 9.87. The number of rotatable bonds is 4. The van der Waals surface area contributed by atoms with Crippen LogP contribution in [0.25, 0.3) is 0 Å². The number of nitriles is 1. The van der Waals surface area contributed by atoms with E-state index in [1.165, 1.54) is 12.1 Å². The highest BCUT2D eigenvalue weighted by Gasteiger charge is 2.20. The molecule has 1 aromatic carbocycles. The fraction of sp³-hybridized carbons (Fsp3) is 0.385. The first kappa shape index (κ1) is 13.2. The second kappa shape index (κ2) is 6.00. The third-order valence-corrected chi connectivity index (χ3v) is 2.46. The van der Waals surface area contributed by atoms with Gasteiger partial charge in [0.25, 0.3) is 0 Å². The summed E-state index contributed by atoms with van der Waals surface area (Å²) < 4.78 is 17.8. The third-order valence-electron chi connectivity index (χ3n) is 2.46. The van der Waals surface area contributed by atoms with Crippen molar-refractivity contribution in [2.24, 2.45) is 5.92 Å². The maximum atomic E-state index is 13.1. The van der Waals surface area contributed by atoms with Crippen molar-refractivity contribution in [1.82, 2.24) is 0 Å². The van der Waals surface area contributed by atoms with Crippen molar-refractivity contribution in [2.45, 2.75) is 20.3 Å². The molecule has 0 saturated heterocycles. The predicted octanol–water partition coefficient (Wildman–Crippen LogP) is 2.38. The van der Waals surface area contributed by atoms with Crippen molar-refractivity contribution < 1.29 is 13.9 Å². The molecule has 4 heteroatoms. The van der Waals surface area contributed by atoms with E-state index in [4.69, 9.17) is 10.00 Å². The molecular formula is C13H14FNO2. The fourth-order valence-corrected chi connectivity index (χ4v) is 1.50. The molecule has 0 aliphatic heterocycles. The summed E-state index contributed by atoms with van der Waals surface area (Å²) in [4.78, 5) is 11.4. The third kappa shape index (κ3) is 3.56. The molecule has 0 spiro atoms. The number of esters is 1. The van der Waals surface area contributed by atoms with Crippen LogP contribution in [0.1, 0.15) is 18.1 Å². The number of hydrogen-bond donors (Lipinski definition) is 0. The molecule has 0 bridgehead atoms. The molecule has 1 atom stereocenters. The van der Waals surface area contributed by atoms with Crippen LogP contribution in [0.2, 0.25) is 0 Å². The second-order valence-electron chi connectivity index (χ2n) is 3.71. The molecule has 0 amide bonds. The van der Waals surface area contributed by atoms with Crippen LogP contribution in [-0.4, -0.2) is 12.6 Å². The van der Waals surface area contributed by atoms with Crippen LogP contribution in [0, 0.1) is 30.0 Å². The maximum Gasteiger partial charge on any atom is 0.323 e. The lowest BCUT2D eigenvalue weighted by Gasteiger charge is -2.10. The van der Waals surface area contributed by atoms with Crippen molar-refractivity contribution in [3.05, 3.63) is 35.1 Å². The van der Waals surface area contributed by atoms with Crippen LogP contribution in [0.3, 0.4) is 0 Å². The van der Waals surface area contributed by atoms with E-state index in [1.807, 2.05) is 13.0 Å². The van der Waals surface area contributed by atoms with Gasteiger partial charge in [0.2, 0.25) is 0 Å². The average Bonchev–Trinajstić information content (AvgIpc) is 2.30. The number of ether oxygens (including phenoxy) is 1. The molecule has 3 nitrogen and oxygen atoms in total. The molecule has 1 unspecified atom stereocenters. The molecule has 90 valence electrons. The quantitative estimate of drug-likeness (QED) is 0.753. The first-order chi connectivity index (χ1) is 8.08. The number of halogens is 1. The Morgan fingerprint density at radius 1 is 1.59 bits per heavy atom. The average molecular weight is 235 g/mol. The molecule has 0 saturated carbocycles. The summed E-state index contributed by atoms with van der Waals surface area (Å²) in [5, 5.41) is 8.90. The smallest absolute Gasteiger partial charge is 0.323 e. The van der Waals surface area contributed by atoms with Gasteiger partial charge >= 0.3 is 5.97 Å². The van der Waals surface area contributed by atoms with Crippen molar-refractivity contribution in [3.8, 4) is 6.07 Å². The molecule has 0 aromatic heterocycles. The highest BCUT2D eigenvalue weighted by Crippen LogP contribution is 2.16. The Kier molecular flexibility index (Phi) is 4.65. The van der Waals surface area contributed by atoms with Crippen molar-refractivity contribution in [1.29, 1.82) is 5.26 Å². The molecule has 0 heterocycles. The summed E-state index contributed by atoms with van der Waals surface area (Å²) in [7, 11) is 0. The van der Waals surface area contributed by atoms with Crippen LogP contribution >= 0.6 is 0 Å². The van der Waals surface area contributed by atoms with Gasteiger partial charge < -0.3 is 4.74 Å². The van der Waals surface area contributed by atoms with E-state index in [2.05, 4.69) is 0 Å². The van der Waals surface area contributed by atoms with E-state index in [0.717, 1.165) is 5.56 Å². The molecular weight excluding hydrogens is 221 g/mol. The lowest BCUT2D eigenvalue weighted by Crippen LogP contribution is -2.19. The first-order valence-corrected chi connectivity index (χ1v) is 5.39. The van der Waals surface area contributed by atoms with Crippen LogP contribution in [0.5, 0.6) is 0 Å². The minimum atomic E-state index is -0.879. The molecule has 17 heavy (non-hydrogen) atoms. The highest BCUT2D eigenvalue weighted by atomic mass is 19.1. The molecule has 0 aliphatic rings.